The lowest BCUT2D eigenvalue weighted by atomic mass is 10.1. The molecule has 0 aromatic heterocycles. The zero-order valence-electron chi connectivity index (χ0n) is 12.4. The van der Waals surface area contributed by atoms with Crippen molar-refractivity contribution in [3.8, 4) is 0 Å². The largest absolute Gasteiger partial charge is 0.345 e. The van der Waals surface area contributed by atoms with Crippen LogP contribution in [0.5, 0.6) is 0 Å². The standard InChI is InChI=1S/C14H27NO4S/c1-3-4-5-6-7-8-9-10-11-14(16)15(2)12-13-20(17,18)19/h3H,1,4-13H2,2H3,(H,17,18,19). The second kappa shape index (κ2) is 10.9. The van der Waals surface area contributed by atoms with Gasteiger partial charge in [-0.15, -0.1) is 6.58 Å². The van der Waals surface area contributed by atoms with Crippen molar-refractivity contribution in [2.45, 2.75) is 51.4 Å². The van der Waals surface area contributed by atoms with Gasteiger partial charge in [-0.1, -0.05) is 31.8 Å². The van der Waals surface area contributed by atoms with E-state index in [4.69, 9.17) is 4.55 Å². The minimum Gasteiger partial charge on any atom is -0.345 e. The number of rotatable bonds is 12. The molecule has 20 heavy (non-hydrogen) atoms. The first-order valence-electron chi connectivity index (χ1n) is 7.17. The van der Waals surface area contributed by atoms with Crippen molar-refractivity contribution in [2.24, 2.45) is 0 Å². The average molecular weight is 305 g/mol. The summed E-state index contributed by atoms with van der Waals surface area (Å²) in [6.07, 6.45) is 9.98. The van der Waals surface area contributed by atoms with Crippen LogP contribution in [0.15, 0.2) is 12.7 Å². The predicted molar refractivity (Wildman–Crippen MR) is 81.2 cm³/mol. The summed E-state index contributed by atoms with van der Waals surface area (Å²) in [5, 5.41) is 0. The van der Waals surface area contributed by atoms with E-state index in [1.807, 2.05) is 6.08 Å². The fraction of sp³-hybridized carbons (Fsp3) is 0.786. The van der Waals surface area contributed by atoms with Gasteiger partial charge < -0.3 is 4.90 Å². The lowest BCUT2D eigenvalue weighted by Crippen LogP contribution is -2.31. The molecule has 0 aliphatic carbocycles. The van der Waals surface area contributed by atoms with Gasteiger partial charge in [0.2, 0.25) is 5.91 Å². The minimum absolute atomic E-state index is 0.0409. The Morgan fingerprint density at radius 3 is 2.25 bits per heavy atom. The van der Waals surface area contributed by atoms with Gasteiger partial charge in [-0.2, -0.15) is 8.42 Å². The van der Waals surface area contributed by atoms with Crippen LogP contribution in [0, 0.1) is 0 Å². The summed E-state index contributed by atoms with van der Waals surface area (Å²) >= 11 is 0. The lowest BCUT2D eigenvalue weighted by molar-refractivity contribution is -0.129. The molecule has 0 saturated heterocycles. The van der Waals surface area contributed by atoms with Gasteiger partial charge in [-0.25, -0.2) is 0 Å². The van der Waals surface area contributed by atoms with Gasteiger partial charge in [-0.3, -0.25) is 9.35 Å². The summed E-state index contributed by atoms with van der Waals surface area (Å²) in [7, 11) is -2.44. The predicted octanol–water partition coefficient (Wildman–Crippen LogP) is 2.64. The van der Waals surface area contributed by atoms with Crippen LogP contribution < -0.4 is 0 Å². The number of carbonyl (C=O) groups is 1. The molecule has 0 spiro atoms. The SMILES string of the molecule is C=CCCCCCCCCC(=O)N(C)CCS(=O)(=O)O. The maximum absolute atomic E-state index is 11.7. The van der Waals surface area contributed by atoms with Gasteiger partial charge in [0.15, 0.2) is 0 Å². The molecule has 5 nitrogen and oxygen atoms in total. The highest BCUT2D eigenvalue weighted by molar-refractivity contribution is 7.85. The van der Waals surface area contributed by atoms with Crippen LogP contribution >= 0.6 is 0 Å². The molecule has 0 rings (SSSR count). The first-order chi connectivity index (χ1) is 9.37. The Balaban J connectivity index is 3.55. The third kappa shape index (κ3) is 12.2. The van der Waals surface area contributed by atoms with E-state index in [-0.39, 0.29) is 12.5 Å². The molecule has 0 aromatic carbocycles. The highest BCUT2D eigenvalue weighted by atomic mass is 32.2. The normalized spacial score (nSPS) is 11.3. The summed E-state index contributed by atoms with van der Waals surface area (Å²) in [6.45, 7) is 3.72. The molecule has 0 heterocycles. The molecule has 1 amide bonds. The van der Waals surface area contributed by atoms with E-state index >= 15 is 0 Å². The van der Waals surface area contributed by atoms with Crippen LogP contribution in [0.25, 0.3) is 0 Å². The molecular weight excluding hydrogens is 278 g/mol. The molecular formula is C14H27NO4S. The molecule has 1 N–H and O–H groups in total. The maximum atomic E-state index is 11.7. The monoisotopic (exact) mass is 305 g/mol. The third-order valence-corrected chi connectivity index (χ3v) is 3.86. The summed E-state index contributed by atoms with van der Waals surface area (Å²) < 4.78 is 29.8. The topological polar surface area (TPSA) is 74.7 Å². The van der Waals surface area contributed by atoms with E-state index in [0.29, 0.717) is 6.42 Å². The van der Waals surface area contributed by atoms with Crippen molar-refractivity contribution in [2.75, 3.05) is 19.3 Å². The van der Waals surface area contributed by atoms with Gasteiger partial charge >= 0.3 is 0 Å². The van der Waals surface area contributed by atoms with Crippen molar-refractivity contribution in [3.63, 3.8) is 0 Å². The van der Waals surface area contributed by atoms with Crippen LogP contribution in [-0.4, -0.2) is 43.1 Å². The van der Waals surface area contributed by atoms with Crippen molar-refractivity contribution >= 4 is 16.0 Å². The fourth-order valence-corrected chi connectivity index (χ4v) is 2.34. The van der Waals surface area contributed by atoms with E-state index in [0.717, 1.165) is 25.7 Å². The molecule has 0 unspecified atom stereocenters. The number of hydrogen-bond acceptors (Lipinski definition) is 3. The summed E-state index contributed by atoms with van der Waals surface area (Å²) in [5.74, 6) is -0.473. The van der Waals surface area contributed by atoms with Crippen molar-refractivity contribution in [3.05, 3.63) is 12.7 Å². The number of amides is 1. The average Bonchev–Trinajstić information content (AvgIpc) is 2.38. The Morgan fingerprint density at radius 1 is 1.15 bits per heavy atom. The summed E-state index contributed by atoms with van der Waals surface area (Å²) in [4.78, 5) is 13.0. The van der Waals surface area contributed by atoms with E-state index in [1.165, 1.54) is 24.2 Å². The number of unbranched alkanes of at least 4 members (excludes halogenated alkanes) is 6. The van der Waals surface area contributed by atoms with Gasteiger partial charge in [0.05, 0.1) is 5.75 Å². The van der Waals surface area contributed by atoms with Gasteiger partial charge in [-0.05, 0) is 19.3 Å². The van der Waals surface area contributed by atoms with E-state index < -0.39 is 15.9 Å². The van der Waals surface area contributed by atoms with Gasteiger partial charge in [0.25, 0.3) is 10.1 Å². The van der Waals surface area contributed by atoms with E-state index in [9.17, 15) is 13.2 Å². The van der Waals surface area contributed by atoms with Gasteiger partial charge in [0, 0.05) is 20.0 Å². The Kier molecular flexibility index (Phi) is 10.4. The first-order valence-corrected chi connectivity index (χ1v) is 8.77. The Labute approximate surface area is 122 Å². The number of carbonyl (C=O) groups excluding carboxylic acids is 1. The quantitative estimate of drug-likeness (QED) is 0.342. The van der Waals surface area contributed by atoms with Crippen LogP contribution in [0.4, 0.5) is 0 Å². The molecule has 0 aromatic rings. The molecule has 0 aliphatic rings. The highest BCUT2D eigenvalue weighted by Crippen LogP contribution is 2.09. The first kappa shape index (κ1) is 19.1. The molecule has 0 bridgehead atoms. The lowest BCUT2D eigenvalue weighted by Gasteiger charge is -2.16. The fourth-order valence-electron chi connectivity index (χ4n) is 1.84. The van der Waals surface area contributed by atoms with E-state index in [2.05, 4.69) is 6.58 Å². The zero-order chi connectivity index (χ0) is 15.4. The Bertz CT molecular complexity index is 379. The van der Waals surface area contributed by atoms with Crippen molar-refractivity contribution in [1.82, 2.24) is 4.90 Å². The smallest absolute Gasteiger partial charge is 0.266 e. The van der Waals surface area contributed by atoms with Crippen molar-refractivity contribution < 1.29 is 17.8 Å². The van der Waals surface area contributed by atoms with Crippen LogP contribution in [0.1, 0.15) is 51.4 Å². The van der Waals surface area contributed by atoms with Crippen LogP contribution in [0.2, 0.25) is 0 Å². The minimum atomic E-state index is -3.99. The molecule has 6 heteroatoms. The molecule has 118 valence electrons. The molecule has 0 radical (unpaired) electrons. The Hall–Kier alpha value is -0.880. The summed E-state index contributed by atoms with van der Waals surface area (Å²) in [6, 6.07) is 0. The molecule has 0 atom stereocenters. The van der Waals surface area contributed by atoms with E-state index in [1.54, 1.807) is 7.05 Å². The second-order valence-corrected chi connectivity index (χ2v) is 6.62. The van der Waals surface area contributed by atoms with Crippen LogP contribution in [0.3, 0.4) is 0 Å². The van der Waals surface area contributed by atoms with Crippen LogP contribution in [-0.2, 0) is 14.9 Å². The molecule has 0 aliphatic heterocycles. The highest BCUT2D eigenvalue weighted by Gasteiger charge is 2.12. The zero-order valence-corrected chi connectivity index (χ0v) is 13.2. The summed E-state index contributed by atoms with van der Waals surface area (Å²) in [5.41, 5.74) is 0. The number of allylic oxidation sites excluding steroid dienone is 1. The molecule has 0 saturated carbocycles. The second-order valence-electron chi connectivity index (χ2n) is 5.05. The van der Waals surface area contributed by atoms with Gasteiger partial charge in [0.1, 0.15) is 0 Å². The third-order valence-electron chi connectivity index (χ3n) is 3.16. The Morgan fingerprint density at radius 2 is 1.70 bits per heavy atom. The van der Waals surface area contributed by atoms with Crippen molar-refractivity contribution in [1.29, 1.82) is 0 Å². The number of hydrogen-bond donors (Lipinski definition) is 1. The maximum Gasteiger partial charge on any atom is 0.266 e. The molecule has 0 fully saturated rings. The number of nitrogens with zero attached hydrogens (tertiary/aromatic N) is 1.